The molecule has 2 aromatic rings. The first-order valence-corrected chi connectivity index (χ1v) is 8.90. The van der Waals surface area contributed by atoms with Gasteiger partial charge in [0.1, 0.15) is 5.82 Å². The molecule has 7 heteroatoms. The zero-order chi connectivity index (χ0) is 19.3. The Kier molecular flexibility index (Phi) is 6.23. The predicted molar refractivity (Wildman–Crippen MR) is 103 cm³/mol. The summed E-state index contributed by atoms with van der Waals surface area (Å²) in [7, 11) is 3.37. The minimum atomic E-state index is -0.450. The number of imidazole rings is 1. The number of benzene rings is 1. The number of likely N-dealkylation sites (N-methyl/N-ethyl adjacent to an activating group) is 1. The van der Waals surface area contributed by atoms with E-state index < -0.39 is 5.54 Å². The fourth-order valence-electron chi connectivity index (χ4n) is 2.72. The SMILES string of the molecule is CNC(=O)CCC(C)(C)NC(=O)N(C)CCc1nc2c(C)cccc2[nH]1. The Balaban J connectivity index is 1.87. The van der Waals surface area contributed by atoms with Crippen molar-refractivity contribution >= 4 is 23.0 Å². The van der Waals surface area contributed by atoms with Crippen molar-refractivity contribution in [3.05, 3.63) is 29.6 Å². The molecule has 0 spiro atoms. The van der Waals surface area contributed by atoms with Crippen LogP contribution in [0.15, 0.2) is 18.2 Å². The van der Waals surface area contributed by atoms with E-state index in [1.54, 1.807) is 19.0 Å². The van der Waals surface area contributed by atoms with Gasteiger partial charge in [0.2, 0.25) is 5.91 Å². The Hall–Kier alpha value is -2.57. The maximum atomic E-state index is 12.4. The van der Waals surface area contributed by atoms with Crippen LogP contribution in [0.1, 0.15) is 38.1 Å². The summed E-state index contributed by atoms with van der Waals surface area (Å²) >= 11 is 0. The highest BCUT2D eigenvalue weighted by Crippen LogP contribution is 2.16. The minimum Gasteiger partial charge on any atom is -0.359 e. The monoisotopic (exact) mass is 359 g/mol. The van der Waals surface area contributed by atoms with Gasteiger partial charge in [0.05, 0.1) is 11.0 Å². The van der Waals surface area contributed by atoms with Gasteiger partial charge in [0.15, 0.2) is 0 Å². The largest absolute Gasteiger partial charge is 0.359 e. The standard InChI is InChI=1S/C19H29N5O2/c1-13-7-6-8-14-17(13)22-15(21-14)10-12-24(5)18(26)23-19(2,3)11-9-16(25)20-4/h6-8H,9-12H2,1-5H3,(H,20,25)(H,21,22)(H,23,26). The number of aryl methyl sites for hydroxylation is 1. The molecule has 26 heavy (non-hydrogen) atoms. The third-order valence-electron chi connectivity index (χ3n) is 4.50. The molecule has 0 atom stereocenters. The van der Waals surface area contributed by atoms with Crippen LogP contribution in [0.3, 0.4) is 0 Å². The molecule has 0 bridgehead atoms. The molecule has 0 fully saturated rings. The number of fused-ring (bicyclic) bond motifs is 1. The van der Waals surface area contributed by atoms with Crippen molar-refractivity contribution in [2.45, 2.75) is 45.6 Å². The van der Waals surface area contributed by atoms with Crippen LogP contribution in [0.5, 0.6) is 0 Å². The van der Waals surface area contributed by atoms with E-state index in [4.69, 9.17) is 0 Å². The lowest BCUT2D eigenvalue weighted by Gasteiger charge is -2.29. The lowest BCUT2D eigenvalue weighted by Crippen LogP contribution is -2.49. The third-order valence-corrected chi connectivity index (χ3v) is 4.50. The third kappa shape index (κ3) is 5.21. The van der Waals surface area contributed by atoms with Gasteiger partial charge < -0.3 is 20.5 Å². The summed E-state index contributed by atoms with van der Waals surface area (Å²) in [6.07, 6.45) is 1.61. The van der Waals surface area contributed by atoms with Crippen molar-refractivity contribution in [3.63, 3.8) is 0 Å². The molecule has 0 saturated heterocycles. The summed E-state index contributed by atoms with van der Waals surface area (Å²) < 4.78 is 0. The number of urea groups is 1. The van der Waals surface area contributed by atoms with Gasteiger partial charge in [0.25, 0.3) is 0 Å². The summed E-state index contributed by atoms with van der Waals surface area (Å²) in [5.74, 6) is 0.841. The molecule has 0 aliphatic carbocycles. The van der Waals surface area contributed by atoms with Crippen LogP contribution in [0.25, 0.3) is 11.0 Å². The Morgan fingerprint density at radius 2 is 2.04 bits per heavy atom. The Morgan fingerprint density at radius 1 is 1.31 bits per heavy atom. The number of para-hydroxylation sites is 1. The Labute approximate surface area is 154 Å². The van der Waals surface area contributed by atoms with Gasteiger partial charge in [0, 0.05) is 39.0 Å². The van der Waals surface area contributed by atoms with Gasteiger partial charge in [-0.2, -0.15) is 0 Å². The molecule has 0 unspecified atom stereocenters. The molecule has 2 rings (SSSR count). The van der Waals surface area contributed by atoms with Gasteiger partial charge >= 0.3 is 6.03 Å². The summed E-state index contributed by atoms with van der Waals surface area (Å²) in [4.78, 5) is 33.4. The highest BCUT2D eigenvalue weighted by Gasteiger charge is 2.23. The Bertz CT molecular complexity index is 781. The first-order chi connectivity index (χ1) is 12.2. The molecule has 7 nitrogen and oxygen atoms in total. The molecule has 0 saturated carbocycles. The second-order valence-corrected chi connectivity index (χ2v) is 7.31. The van der Waals surface area contributed by atoms with Gasteiger partial charge in [-0.15, -0.1) is 0 Å². The van der Waals surface area contributed by atoms with E-state index in [0.29, 0.717) is 25.8 Å². The van der Waals surface area contributed by atoms with E-state index in [9.17, 15) is 9.59 Å². The van der Waals surface area contributed by atoms with E-state index in [-0.39, 0.29) is 11.9 Å². The van der Waals surface area contributed by atoms with Crippen molar-refractivity contribution in [1.29, 1.82) is 0 Å². The molecule has 3 amide bonds. The minimum absolute atomic E-state index is 0.0270. The fraction of sp³-hybridized carbons (Fsp3) is 0.526. The maximum Gasteiger partial charge on any atom is 0.317 e. The van der Waals surface area contributed by atoms with Crippen molar-refractivity contribution < 1.29 is 9.59 Å². The van der Waals surface area contributed by atoms with Crippen LogP contribution < -0.4 is 10.6 Å². The van der Waals surface area contributed by atoms with Crippen LogP contribution in [-0.2, 0) is 11.2 Å². The molecule has 0 radical (unpaired) electrons. The molecular weight excluding hydrogens is 330 g/mol. The number of H-pyrrole nitrogens is 1. The van der Waals surface area contributed by atoms with Crippen molar-refractivity contribution in [3.8, 4) is 0 Å². The molecule has 0 aliphatic heterocycles. The van der Waals surface area contributed by atoms with Crippen molar-refractivity contribution in [2.75, 3.05) is 20.6 Å². The number of hydrogen-bond donors (Lipinski definition) is 3. The summed E-state index contributed by atoms with van der Waals surface area (Å²) in [5.41, 5.74) is 2.68. The highest BCUT2D eigenvalue weighted by molar-refractivity contribution is 5.78. The topological polar surface area (TPSA) is 90.1 Å². The maximum absolute atomic E-state index is 12.4. The van der Waals surface area contributed by atoms with E-state index in [1.165, 1.54) is 0 Å². The molecule has 1 heterocycles. The summed E-state index contributed by atoms with van der Waals surface area (Å²) in [6, 6.07) is 5.89. The number of carbonyl (C=O) groups excluding carboxylic acids is 2. The normalized spacial score (nSPS) is 11.4. The van der Waals surface area contributed by atoms with Gasteiger partial charge in [-0.05, 0) is 38.8 Å². The van der Waals surface area contributed by atoms with E-state index in [1.807, 2.05) is 39.0 Å². The molecule has 1 aromatic carbocycles. The number of carbonyl (C=O) groups is 2. The van der Waals surface area contributed by atoms with Crippen LogP contribution in [0.2, 0.25) is 0 Å². The van der Waals surface area contributed by atoms with Crippen LogP contribution in [-0.4, -0.2) is 53.0 Å². The van der Waals surface area contributed by atoms with E-state index in [0.717, 1.165) is 22.4 Å². The van der Waals surface area contributed by atoms with E-state index >= 15 is 0 Å². The number of nitrogens with zero attached hydrogens (tertiary/aromatic N) is 2. The second kappa shape index (κ2) is 8.21. The number of aromatic nitrogens is 2. The zero-order valence-corrected chi connectivity index (χ0v) is 16.3. The summed E-state index contributed by atoms with van der Waals surface area (Å²) in [5, 5.41) is 5.58. The first kappa shape index (κ1) is 19.8. The number of amides is 3. The number of rotatable bonds is 7. The van der Waals surface area contributed by atoms with Crippen LogP contribution >= 0.6 is 0 Å². The number of hydrogen-bond acceptors (Lipinski definition) is 3. The predicted octanol–water partition coefficient (Wildman–Crippen LogP) is 2.36. The van der Waals surface area contributed by atoms with Crippen molar-refractivity contribution in [2.24, 2.45) is 0 Å². The van der Waals surface area contributed by atoms with Gasteiger partial charge in [-0.3, -0.25) is 4.79 Å². The molecular formula is C19H29N5O2. The van der Waals surface area contributed by atoms with Gasteiger partial charge in [-0.1, -0.05) is 12.1 Å². The first-order valence-electron chi connectivity index (χ1n) is 8.90. The Morgan fingerprint density at radius 3 is 2.69 bits per heavy atom. The van der Waals surface area contributed by atoms with Gasteiger partial charge in [-0.25, -0.2) is 9.78 Å². The molecule has 142 valence electrons. The smallest absolute Gasteiger partial charge is 0.317 e. The zero-order valence-electron chi connectivity index (χ0n) is 16.3. The van der Waals surface area contributed by atoms with Crippen molar-refractivity contribution in [1.82, 2.24) is 25.5 Å². The summed E-state index contributed by atoms with van der Waals surface area (Å²) in [6.45, 7) is 6.43. The highest BCUT2D eigenvalue weighted by atomic mass is 16.2. The number of nitrogens with one attached hydrogen (secondary N) is 3. The quantitative estimate of drug-likeness (QED) is 0.709. The lowest BCUT2D eigenvalue weighted by molar-refractivity contribution is -0.121. The number of aromatic amines is 1. The van der Waals surface area contributed by atoms with Crippen LogP contribution in [0.4, 0.5) is 4.79 Å². The molecule has 3 N–H and O–H groups in total. The molecule has 0 aliphatic rings. The van der Waals surface area contributed by atoms with Crippen LogP contribution in [0, 0.1) is 6.92 Å². The molecule has 1 aromatic heterocycles. The second-order valence-electron chi connectivity index (χ2n) is 7.31. The average Bonchev–Trinajstić information content (AvgIpc) is 3.01. The average molecular weight is 359 g/mol. The van der Waals surface area contributed by atoms with E-state index in [2.05, 4.69) is 20.6 Å². The lowest BCUT2D eigenvalue weighted by atomic mass is 9.98. The fourth-order valence-corrected chi connectivity index (χ4v) is 2.72.